The van der Waals surface area contributed by atoms with Crippen molar-refractivity contribution in [3.05, 3.63) is 59.7 Å². The molecule has 0 aromatic heterocycles. The predicted molar refractivity (Wildman–Crippen MR) is 110 cm³/mol. The Morgan fingerprint density at radius 2 is 1.83 bits per heavy atom. The van der Waals surface area contributed by atoms with E-state index < -0.39 is 0 Å². The standard InChI is InChI=1S/C23H25N3O3/c27-21-15-26(12-11-24-21)23(29)20-4-1-3-18(14-20)17-8-6-16(7-9-17)13-19-5-2-10-25-22(19)28/h1,3-4,6-9,14,19H,2,5,10-13,15H2,(H,24,27)(H,25,28). The van der Waals surface area contributed by atoms with Gasteiger partial charge in [0.1, 0.15) is 0 Å². The van der Waals surface area contributed by atoms with Crippen molar-refractivity contribution >= 4 is 17.7 Å². The third-order valence-corrected chi connectivity index (χ3v) is 5.60. The molecule has 0 saturated carbocycles. The zero-order valence-electron chi connectivity index (χ0n) is 16.3. The van der Waals surface area contributed by atoms with Gasteiger partial charge in [0.25, 0.3) is 5.91 Å². The van der Waals surface area contributed by atoms with Crippen LogP contribution in [0.4, 0.5) is 0 Å². The minimum atomic E-state index is -0.123. The van der Waals surface area contributed by atoms with Gasteiger partial charge in [-0.3, -0.25) is 14.4 Å². The number of carbonyl (C=O) groups is 3. The van der Waals surface area contributed by atoms with E-state index in [0.29, 0.717) is 18.7 Å². The van der Waals surface area contributed by atoms with Gasteiger partial charge in [0.15, 0.2) is 0 Å². The van der Waals surface area contributed by atoms with Crippen molar-refractivity contribution in [2.75, 3.05) is 26.2 Å². The molecule has 150 valence electrons. The molecule has 4 rings (SSSR count). The van der Waals surface area contributed by atoms with Crippen LogP contribution in [-0.2, 0) is 16.0 Å². The van der Waals surface area contributed by atoms with Crippen molar-refractivity contribution in [2.45, 2.75) is 19.3 Å². The van der Waals surface area contributed by atoms with Crippen molar-refractivity contribution in [2.24, 2.45) is 5.92 Å². The molecular formula is C23H25N3O3. The molecule has 2 aliphatic rings. The van der Waals surface area contributed by atoms with Gasteiger partial charge in [-0.2, -0.15) is 0 Å². The maximum Gasteiger partial charge on any atom is 0.254 e. The van der Waals surface area contributed by atoms with Crippen molar-refractivity contribution in [1.82, 2.24) is 15.5 Å². The largest absolute Gasteiger partial charge is 0.356 e. The predicted octanol–water partition coefficient (Wildman–Crippen LogP) is 1.99. The second-order valence-electron chi connectivity index (χ2n) is 7.69. The molecule has 2 aromatic rings. The second-order valence-corrected chi connectivity index (χ2v) is 7.69. The lowest BCUT2D eigenvalue weighted by Crippen LogP contribution is -2.49. The van der Waals surface area contributed by atoms with E-state index in [4.69, 9.17) is 0 Å². The van der Waals surface area contributed by atoms with E-state index in [1.807, 2.05) is 30.3 Å². The molecule has 2 aliphatic heterocycles. The molecule has 1 unspecified atom stereocenters. The highest BCUT2D eigenvalue weighted by molar-refractivity contribution is 5.98. The number of hydrogen-bond acceptors (Lipinski definition) is 3. The number of piperidine rings is 1. The van der Waals surface area contributed by atoms with Gasteiger partial charge >= 0.3 is 0 Å². The van der Waals surface area contributed by atoms with E-state index in [9.17, 15) is 14.4 Å². The molecule has 2 aromatic carbocycles. The lowest BCUT2D eigenvalue weighted by Gasteiger charge is -2.26. The highest BCUT2D eigenvalue weighted by atomic mass is 16.2. The van der Waals surface area contributed by atoms with Gasteiger partial charge in [-0.05, 0) is 48.1 Å². The molecule has 2 fully saturated rings. The third-order valence-electron chi connectivity index (χ3n) is 5.60. The Kier molecular flexibility index (Phi) is 5.60. The molecule has 6 heteroatoms. The zero-order valence-corrected chi connectivity index (χ0v) is 16.3. The Morgan fingerprint density at radius 1 is 1.00 bits per heavy atom. The summed E-state index contributed by atoms with van der Waals surface area (Å²) in [5.41, 5.74) is 3.70. The van der Waals surface area contributed by atoms with Gasteiger partial charge in [-0.25, -0.2) is 0 Å². The number of nitrogens with one attached hydrogen (secondary N) is 2. The molecule has 2 saturated heterocycles. The molecule has 6 nitrogen and oxygen atoms in total. The summed E-state index contributed by atoms with van der Waals surface area (Å²) in [6, 6.07) is 15.7. The number of rotatable bonds is 4. The van der Waals surface area contributed by atoms with Gasteiger partial charge < -0.3 is 15.5 Å². The number of benzene rings is 2. The Balaban J connectivity index is 1.47. The first-order valence-electron chi connectivity index (χ1n) is 10.1. The van der Waals surface area contributed by atoms with E-state index in [0.717, 1.165) is 42.5 Å². The summed E-state index contributed by atoms with van der Waals surface area (Å²) < 4.78 is 0. The van der Waals surface area contributed by atoms with Gasteiger partial charge in [0.2, 0.25) is 11.8 Å². The summed E-state index contributed by atoms with van der Waals surface area (Å²) >= 11 is 0. The summed E-state index contributed by atoms with van der Waals surface area (Å²) in [4.78, 5) is 37.9. The second kappa shape index (κ2) is 8.47. The lowest BCUT2D eigenvalue weighted by molar-refractivity contribution is -0.126. The summed E-state index contributed by atoms with van der Waals surface area (Å²) in [6.07, 6.45) is 2.72. The van der Waals surface area contributed by atoms with Crippen LogP contribution in [-0.4, -0.2) is 48.8 Å². The normalized spacial score (nSPS) is 19.4. The van der Waals surface area contributed by atoms with Crippen LogP contribution in [0.5, 0.6) is 0 Å². The number of amides is 3. The van der Waals surface area contributed by atoms with Crippen LogP contribution < -0.4 is 10.6 Å². The van der Waals surface area contributed by atoms with Crippen LogP contribution >= 0.6 is 0 Å². The van der Waals surface area contributed by atoms with Crippen LogP contribution in [0, 0.1) is 5.92 Å². The average molecular weight is 391 g/mol. The number of piperazine rings is 1. The Bertz CT molecular complexity index is 923. The molecular weight excluding hydrogens is 366 g/mol. The van der Waals surface area contributed by atoms with E-state index in [1.54, 1.807) is 11.0 Å². The first-order valence-corrected chi connectivity index (χ1v) is 10.1. The van der Waals surface area contributed by atoms with Crippen LogP contribution in [0.2, 0.25) is 0 Å². The van der Waals surface area contributed by atoms with Crippen molar-refractivity contribution in [1.29, 1.82) is 0 Å². The van der Waals surface area contributed by atoms with Crippen LogP contribution in [0.25, 0.3) is 11.1 Å². The molecule has 0 aliphatic carbocycles. The number of carbonyl (C=O) groups excluding carboxylic acids is 3. The fourth-order valence-electron chi connectivity index (χ4n) is 3.97. The van der Waals surface area contributed by atoms with Crippen LogP contribution in [0.3, 0.4) is 0 Å². The first-order chi connectivity index (χ1) is 14.1. The fraction of sp³-hybridized carbons (Fsp3) is 0.348. The molecule has 1 atom stereocenters. The SMILES string of the molecule is O=C1CN(C(=O)c2cccc(-c3ccc(CC4CCCNC4=O)cc3)c2)CCN1. The number of nitrogens with zero attached hydrogens (tertiary/aromatic N) is 1. The quantitative estimate of drug-likeness (QED) is 0.837. The Labute approximate surface area is 170 Å². The third kappa shape index (κ3) is 4.47. The van der Waals surface area contributed by atoms with Crippen molar-refractivity contribution in [3.63, 3.8) is 0 Å². The van der Waals surface area contributed by atoms with E-state index >= 15 is 0 Å². The fourth-order valence-corrected chi connectivity index (χ4v) is 3.97. The highest BCUT2D eigenvalue weighted by Crippen LogP contribution is 2.24. The molecule has 0 bridgehead atoms. The summed E-state index contributed by atoms with van der Waals surface area (Å²) in [5, 5.41) is 5.67. The van der Waals surface area contributed by atoms with Gasteiger partial charge in [0, 0.05) is 31.1 Å². The summed E-state index contributed by atoms with van der Waals surface area (Å²) in [6.45, 7) is 1.90. The minimum Gasteiger partial charge on any atom is -0.356 e. The van der Waals surface area contributed by atoms with E-state index in [2.05, 4.69) is 22.8 Å². The molecule has 2 heterocycles. The first kappa shape index (κ1) is 19.2. The van der Waals surface area contributed by atoms with Crippen LogP contribution in [0.15, 0.2) is 48.5 Å². The topological polar surface area (TPSA) is 78.5 Å². The molecule has 3 amide bonds. The molecule has 0 spiro atoms. The lowest BCUT2D eigenvalue weighted by atomic mass is 9.91. The monoisotopic (exact) mass is 391 g/mol. The summed E-state index contributed by atoms with van der Waals surface area (Å²) in [5.74, 6) is -0.0418. The highest BCUT2D eigenvalue weighted by Gasteiger charge is 2.23. The molecule has 29 heavy (non-hydrogen) atoms. The maximum absolute atomic E-state index is 12.7. The average Bonchev–Trinajstić information content (AvgIpc) is 2.75. The molecule has 2 N–H and O–H groups in total. The van der Waals surface area contributed by atoms with Gasteiger partial charge in [0.05, 0.1) is 6.54 Å². The van der Waals surface area contributed by atoms with Crippen molar-refractivity contribution in [3.8, 4) is 11.1 Å². The Morgan fingerprint density at radius 3 is 2.59 bits per heavy atom. The van der Waals surface area contributed by atoms with Crippen molar-refractivity contribution < 1.29 is 14.4 Å². The minimum absolute atomic E-state index is 0.0530. The van der Waals surface area contributed by atoms with Crippen LogP contribution in [0.1, 0.15) is 28.8 Å². The number of hydrogen-bond donors (Lipinski definition) is 2. The molecule has 0 radical (unpaired) electrons. The van der Waals surface area contributed by atoms with E-state index in [1.165, 1.54) is 0 Å². The van der Waals surface area contributed by atoms with E-state index in [-0.39, 0.29) is 30.2 Å². The zero-order chi connectivity index (χ0) is 20.2. The van der Waals surface area contributed by atoms with Gasteiger partial charge in [-0.15, -0.1) is 0 Å². The summed E-state index contributed by atoms with van der Waals surface area (Å²) in [7, 11) is 0. The maximum atomic E-state index is 12.7. The Hall–Kier alpha value is -3.15. The smallest absolute Gasteiger partial charge is 0.254 e. The van der Waals surface area contributed by atoms with Gasteiger partial charge in [-0.1, -0.05) is 36.4 Å².